The van der Waals surface area contributed by atoms with Crippen molar-refractivity contribution in [1.29, 1.82) is 0 Å². The molecule has 2 aliphatic rings. The zero-order valence-corrected chi connectivity index (χ0v) is 22.4. The van der Waals surface area contributed by atoms with Crippen molar-refractivity contribution in [1.82, 2.24) is 10.2 Å². The van der Waals surface area contributed by atoms with Crippen LogP contribution < -0.4 is 15.8 Å². The number of nitrogens with two attached hydrogens (primary N) is 1. The van der Waals surface area contributed by atoms with E-state index in [-0.39, 0.29) is 24.2 Å². The number of ether oxygens (including phenoxy) is 1. The summed E-state index contributed by atoms with van der Waals surface area (Å²) in [6.07, 6.45) is 12.5. The van der Waals surface area contributed by atoms with E-state index in [0.717, 1.165) is 18.4 Å². The minimum atomic E-state index is -0.877. The van der Waals surface area contributed by atoms with Crippen molar-refractivity contribution in [3.8, 4) is 18.1 Å². The molecule has 7 nitrogen and oxygen atoms in total. The highest BCUT2D eigenvalue weighted by molar-refractivity contribution is 5.89. The Morgan fingerprint density at radius 3 is 2.44 bits per heavy atom. The molecule has 1 aromatic carbocycles. The average Bonchev–Trinajstić information content (AvgIpc) is 3.34. The van der Waals surface area contributed by atoms with Crippen LogP contribution in [0.15, 0.2) is 24.3 Å². The number of carbonyl (C=O) groups excluding carboxylic acids is 2. The molecule has 1 heterocycles. The Morgan fingerprint density at radius 1 is 1.22 bits per heavy atom. The molecule has 3 rings (SSSR count). The smallest absolute Gasteiger partial charge is 0.243 e. The molecule has 0 aromatic heterocycles. The van der Waals surface area contributed by atoms with Gasteiger partial charge in [-0.2, -0.15) is 0 Å². The van der Waals surface area contributed by atoms with Gasteiger partial charge in [-0.3, -0.25) is 9.59 Å². The van der Waals surface area contributed by atoms with Crippen molar-refractivity contribution in [2.75, 3.05) is 13.7 Å². The molecule has 2 fully saturated rings. The molecule has 0 spiro atoms. The number of terminal acetylenes is 1. The van der Waals surface area contributed by atoms with Crippen LogP contribution in [0.25, 0.3) is 0 Å². The molecule has 1 aliphatic heterocycles. The van der Waals surface area contributed by atoms with E-state index in [2.05, 4.69) is 25.1 Å². The Morgan fingerprint density at radius 2 is 1.86 bits per heavy atom. The number of benzene rings is 1. The van der Waals surface area contributed by atoms with Crippen LogP contribution in [0.1, 0.15) is 83.7 Å². The van der Waals surface area contributed by atoms with Gasteiger partial charge in [-0.15, -0.1) is 6.42 Å². The summed E-state index contributed by atoms with van der Waals surface area (Å²) >= 11 is 0. The van der Waals surface area contributed by atoms with E-state index < -0.39 is 24.2 Å². The van der Waals surface area contributed by atoms with Crippen LogP contribution >= 0.6 is 0 Å². The van der Waals surface area contributed by atoms with Gasteiger partial charge in [0.2, 0.25) is 11.8 Å². The van der Waals surface area contributed by atoms with Crippen molar-refractivity contribution in [3.05, 3.63) is 29.8 Å². The van der Waals surface area contributed by atoms with Gasteiger partial charge >= 0.3 is 0 Å². The Bertz CT molecular complexity index is 876. The Kier molecular flexibility index (Phi) is 12.3. The minimum absolute atomic E-state index is 0.0799. The van der Waals surface area contributed by atoms with E-state index in [1.807, 2.05) is 24.3 Å². The fourth-order valence-electron chi connectivity index (χ4n) is 5.28. The first-order chi connectivity index (χ1) is 17.3. The Balaban J connectivity index is 0.00000145. The molecule has 0 radical (unpaired) electrons. The highest BCUT2D eigenvalue weighted by atomic mass is 16.5. The van der Waals surface area contributed by atoms with E-state index in [1.54, 1.807) is 18.9 Å². The number of aliphatic hydroxyl groups is 1. The third-order valence-corrected chi connectivity index (χ3v) is 7.17. The average molecular weight is 500 g/mol. The number of carbonyl (C=O) groups is 2. The summed E-state index contributed by atoms with van der Waals surface area (Å²) in [7, 11) is 1.58. The molecular weight excluding hydrogens is 454 g/mol. The summed E-state index contributed by atoms with van der Waals surface area (Å²) in [5.74, 6) is 3.41. The third kappa shape index (κ3) is 7.97. The molecule has 0 bridgehead atoms. The number of hydrogen-bond acceptors (Lipinski definition) is 5. The Hall–Kier alpha value is -2.56. The van der Waals surface area contributed by atoms with E-state index >= 15 is 0 Å². The number of rotatable bonds is 8. The summed E-state index contributed by atoms with van der Waals surface area (Å²) in [4.78, 5) is 28.2. The third-order valence-electron chi connectivity index (χ3n) is 7.17. The number of nitrogens with zero attached hydrogens (tertiary/aromatic N) is 1. The monoisotopic (exact) mass is 499 g/mol. The lowest BCUT2D eigenvalue weighted by Crippen LogP contribution is -2.51. The second-order valence-corrected chi connectivity index (χ2v) is 10.1. The predicted molar refractivity (Wildman–Crippen MR) is 143 cm³/mol. The van der Waals surface area contributed by atoms with Crippen LogP contribution in [-0.4, -0.2) is 53.7 Å². The van der Waals surface area contributed by atoms with Crippen LogP contribution in [0, 0.1) is 24.2 Å². The number of amides is 2. The number of para-hydroxylation sites is 1. The predicted octanol–water partition coefficient (Wildman–Crippen LogP) is 3.80. The number of aliphatic hydroxyl groups excluding tert-OH is 1. The normalized spacial score (nSPS) is 22.4. The van der Waals surface area contributed by atoms with Crippen molar-refractivity contribution in [3.63, 3.8) is 0 Å². The van der Waals surface area contributed by atoms with E-state index in [1.165, 1.54) is 25.7 Å². The summed E-state index contributed by atoms with van der Waals surface area (Å²) in [6.45, 7) is 6.34. The number of likely N-dealkylation sites (tertiary alicyclic amines) is 1. The van der Waals surface area contributed by atoms with Gasteiger partial charge < -0.3 is 25.8 Å². The molecule has 1 aliphatic carbocycles. The molecule has 200 valence electrons. The SMILES string of the molecule is C#C[C@@H](NC(=O)[C@@H]1CC(C2CCCCC2)CN1C(=O)C[C@H](N)c1ccccc1OC)C(C)O.CCC. The summed E-state index contributed by atoms with van der Waals surface area (Å²) in [5.41, 5.74) is 7.16. The molecule has 2 unspecified atom stereocenters. The summed E-state index contributed by atoms with van der Waals surface area (Å²) in [6, 6.07) is 5.46. The largest absolute Gasteiger partial charge is 0.496 e. The molecular formula is C29H45N3O4. The quantitative estimate of drug-likeness (QED) is 0.472. The Labute approximate surface area is 217 Å². The molecule has 5 atom stereocenters. The lowest BCUT2D eigenvalue weighted by atomic mass is 9.79. The first-order valence-corrected chi connectivity index (χ1v) is 13.4. The first kappa shape index (κ1) is 29.7. The molecule has 2 amide bonds. The van der Waals surface area contributed by atoms with Crippen molar-refractivity contribution < 1.29 is 19.4 Å². The molecule has 1 saturated carbocycles. The highest BCUT2D eigenvalue weighted by Gasteiger charge is 2.43. The van der Waals surface area contributed by atoms with Crippen molar-refractivity contribution in [2.45, 2.75) is 96.4 Å². The summed E-state index contributed by atoms with van der Waals surface area (Å²) in [5, 5.41) is 12.6. The molecule has 4 N–H and O–H groups in total. The fraction of sp³-hybridized carbons (Fsp3) is 0.655. The summed E-state index contributed by atoms with van der Waals surface area (Å²) < 4.78 is 5.40. The second-order valence-electron chi connectivity index (χ2n) is 10.1. The topological polar surface area (TPSA) is 105 Å². The standard InChI is InChI=1S/C26H37N3O4.C3H8/c1-4-22(17(2)30)28-26(32)23-14-19(18-10-6-5-7-11-18)16-29(23)25(31)15-21(27)20-12-8-9-13-24(20)33-3;1-3-2/h1,8-9,12-13,17-19,21-23,30H,5-7,10-11,14-16,27H2,2-3H3,(H,28,32);3H2,1-2H3/t17?,19?,21-,22+,23-;/m0./s1. The van der Waals surface area contributed by atoms with E-state index in [4.69, 9.17) is 16.9 Å². The fourth-order valence-corrected chi connectivity index (χ4v) is 5.28. The van der Waals surface area contributed by atoms with Gasteiger partial charge in [0.05, 0.1) is 13.2 Å². The first-order valence-electron chi connectivity index (χ1n) is 13.4. The minimum Gasteiger partial charge on any atom is -0.496 e. The van der Waals surface area contributed by atoms with Gasteiger partial charge in [-0.1, -0.05) is 76.5 Å². The number of nitrogens with one attached hydrogen (secondary N) is 1. The zero-order valence-electron chi connectivity index (χ0n) is 22.4. The van der Waals surface area contributed by atoms with Gasteiger partial charge in [0.1, 0.15) is 17.8 Å². The second kappa shape index (κ2) is 14.9. The van der Waals surface area contributed by atoms with E-state index in [9.17, 15) is 14.7 Å². The highest BCUT2D eigenvalue weighted by Crippen LogP contribution is 2.38. The van der Waals surface area contributed by atoms with Gasteiger partial charge in [0, 0.05) is 24.6 Å². The van der Waals surface area contributed by atoms with E-state index in [0.29, 0.717) is 24.6 Å². The van der Waals surface area contributed by atoms with Gasteiger partial charge in [0.25, 0.3) is 0 Å². The van der Waals surface area contributed by atoms with Crippen LogP contribution in [0.5, 0.6) is 5.75 Å². The molecule has 1 saturated heterocycles. The van der Waals surface area contributed by atoms with Crippen LogP contribution in [0.3, 0.4) is 0 Å². The molecule has 1 aromatic rings. The van der Waals surface area contributed by atoms with Gasteiger partial charge in [0.15, 0.2) is 0 Å². The molecule has 7 heteroatoms. The lowest BCUT2D eigenvalue weighted by molar-refractivity contribution is -0.139. The van der Waals surface area contributed by atoms with Gasteiger partial charge in [-0.05, 0) is 31.2 Å². The van der Waals surface area contributed by atoms with Crippen molar-refractivity contribution in [2.24, 2.45) is 17.6 Å². The maximum Gasteiger partial charge on any atom is 0.243 e. The van der Waals surface area contributed by atoms with Crippen molar-refractivity contribution >= 4 is 11.8 Å². The van der Waals surface area contributed by atoms with Crippen LogP contribution in [0.2, 0.25) is 0 Å². The zero-order chi connectivity index (χ0) is 26.7. The lowest BCUT2D eigenvalue weighted by Gasteiger charge is -2.28. The van der Waals surface area contributed by atoms with Crippen LogP contribution in [0.4, 0.5) is 0 Å². The maximum atomic E-state index is 13.4. The maximum absolute atomic E-state index is 13.4. The van der Waals surface area contributed by atoms with Gasteiger partial charge in [-0.25, -0.2) is 0 Å². The number of methoxy groups -OCH3 is 1. The number of hydrogen-bond donors (Lipinski definition) is 3. The molecule has 36 heavy (non-hydrogen) atoms. The van der Waals surface area contributed by atoms with Crippen LogP contribution in [-0.2, 0) is 9.59 Å².